The molecule has 0 unspecified atom stereocenters. The fourth-order valence-corrected chi connectivity index (χ4v) is 2.40. The molecule has 0 fully saturated rings. The Morgan fingerprint density at radius 2 is 1.78 bits per heavy atom. The standard InChI is InChI=1S/C17H26ClN3O2/c1-3-17(4-2,12-19)21-15(22)6-5-11-20-16(23)13-7-9-14(18)10-8-13/h7-10H,3-6,11-12,19H2,1-2H3,(H,20,23)(H,21,22). The summed E-state index contributed by atoms with van der Waals surface area (Å²) in [6, 6.07) is 6.68. The van der Waals surface area contributed by atoms with Gasteiger partial charge in [-0.15, -0.1) is 0 Å². The maximum Gasteiger partial charge on any atom is 0.251 e. The van der Waals surface area contributed by atoms with E-state index in [4.69, 9.17) is 17.3 Å². The van der Waals surface area contributed by atoms with Crippen LogP contribution in [0.2, 0.25) is 5.02 Å². The van der Waals surface area contributed by atoms with E-state index in [9.17, 15) is 9.59 Å². The number of nitrogens with two attached hydrogens (primary N) is 1. The molecule has 0 atom stereocenters. The van der Waals surface area contributed by atoms with E-state index in [1.54, 1.807) is 24.3 Å². The Kier molecular flexibility index (Phi) is 8.06. The summed E-state index contributed by atoms with van der Waals surface area (Å²) < 4.78 is 0. The van der Waals surface area contributed by atoms with Crippen LogP contribution in [0.5, 0.6) is 0 Å². The summed E-state index contributed by atoms with van der Waals surface area (Å²) in [5.74, 6) is -0.194. The largest absolute Gasteiger partial charge is 0.352 e. The molecule has 0 bridgehead atoms. The van der Waals surface area contributed by atoms with Gasteiger partial charge in [-0.05, 0) is 43.5 Å². The lowest BCUT2D eigenvalue weighted by Crippen LogP contribution is -2.52. The van der Waals surface area contributed by atoms with Gasteiger partial charge in [-0.25, -0.2) is 0 Å². The topological polar surface area (TPSA) is 84.2 Å². The first-order valence-corrected chi connectivity index (χ1v) is 8.39. The highest BCUT2D eigenvalue weighted by atomic mass is 35.5. The molecule has 1 aromatic rings. The van der Waals surface area contributed by atoms with Gasteiger partial charge in [0.15, 0.2) is 0 Å². The smallest absolute Gasteiger partial charge is 0.251 e. The molecular weight excluding hydrogens is 314 g/mol. The van der Waals surface area contributed by atoms with Gasteiger partial charge in [-0.1, -0.05) is 25.4 Å². The molecular formula is C17H26ClN3O2. The quantitative estimate of drug-likeness (QED) is 0.604. The molecule has 1 rings (SSSR count). The van der Waals surface area contributed by atoms with Crippen molar-refractivity contribution < 1.29 is 9.59 Å². The minimum Gasteiger partial charge on any atom is -0.352 e. The van der Waals surface area contributed by atoms with Crippen LogP contribution in [0.15, 0.2) is 24.3 Å². The van der Waals surface area contributed by atoms with Crippen molar-refractivity contribution in [1.29, 1.82) is 0 Å². The third-order valence-electron chi connectivity index (χ3n) is 4.12. The van der Waals surface area contributed by atoms with Crippen LogP contribution < -0.4 is 16.4 Å². The summed E-state index contributed by atoms with van der Waals surface area (Å²) in [6.45, 7) is 4.91. The molecule has 2 amide bonds. The lowest BCUT2D eigenvalue weighted by molar-refractivity contribution is -0.123. The van der Waals surface area contributed by atoms with Crippen molar-refractivity contribution in [3.05, 3.63) is 34.9 Å². The van der Waals surface area contributed by atoms with Crippen molar-refractivity contribution in [2.24, 2.45) is 5.73 Å². The second-order valence-electron chi connectivity index (χ2n) is 5.61. The third-order valence-corrected chi connectivity index (χ3v) is 4.37. The highest BCUT2D eigenvalue weighted by Crippen LogP contribution is 2.13. The summed E-state index contributed by atoms with van der Waals surface area (Å²) in [5.41, 5.74) is 6.00. The number of hydrogen-bond acceptors (Lipinski definition) is 3. The van der Waals surface area contributed by atoms with Crippen LogP contribution in [0, 0.1) is 0 Å². The first kappa shape index (κ1) is 19.5. The van der Waals surface area contributed by atoms with Gasteiger partial charge >= 0.3 is 0 Å². The molecule has 1 aromatic carbocycles. The Labute approximate surface area is 143 Å². The summed E-state index contributed by atoms with van der Waals surface area (Å²) in [6.07, 6.45) is 2.56. The minimum absolute atomic E-state index is 0.0279. The fourth-order valence-electron chi connectivity index (χ4n) is 2.28. The van der Waals surface area contributed by atoms with Gasteiger partial charge in [0.1, 0.15) is 0 Å². The van der Waals surface area contributed by atoms with Gasteiger partial charge < -0.3 is 16.4 Å². The molecule has 0 heterocycles. The number of benzene rings is 1. The van der Waals surface area contributed by atoms with Crippen LogP contribution in [-0.2, 0) is 4.79 Å². The SMILES string of the molecule is CCC(CC)(CN)NC(=O)CCCNC(=O)c1ccc(Cl)cc1. The Hall–Kier alpha value is -1.59. The summed E-state index contributed by atoms with van der Waals surface area (Å²) >= 11 is 5.78. The average Bonchev–Trinajstić information content (AvgIpc) is 2.57. The molecule has 128 valence electrons. The first-order valence-electron chi connectivity index (χ1n) is 8.01. The van der Waals surface area contributed by atoms with Gasteiger partial charge in [0.05, 0.1) is 5.54 Å². The van der Waals surface area contributed by atoms with E-state index in [-0.39, 0.29) is 17.4 Å². The van der Waals surface area contributed by atoms with E-state index in [0.29, 0.717) is 36.5 Å². The van der Waals surface area contributed by atoms with Crippen molar-refractivity contribution in [3.63, 3.8) is 0 Å². The predicted molar refractivity (Wildman–Crippen MR) is 93.5 cm³/mol. The zero-order chi connectivity index (χ0) is 17.3. The molecule has 5 nitrogen and oxygen atoms in total. The molecule has 4 N–H and O–H groups in total. The lowest BCUT2D eigenvalue weighted by Gasteiger charge is -2.31. The maximum atomic E-state index is 12.0. The number of carbonyl (C=O) groups excluding carboxylic acids is 2. The molecule has 0 radical (unpaired) electrons. The van der Waals surface area contributed by atoms with E-state index in [1.807, 2.05) is 13.8 Å². The molecule has 0 saturated carbocycles. The average molecular weight is 340 g/mol. The van der Waals surface area contributed by atoms with Crippen LogP contribution in [-0.4, -0.2) is 30.4 Å². The normalized spacial score (nSPS) is 11.1. The predicted octanol–water partition coefficient (Wildman–Crippen LogP) is 2.48. The zero-order valence-corrected chi connectivity index (χ0v) is 14.6. The van der Waals surface area contributed by atoms with Crippen LogP contribution in [0.3, 0.4) is 0 Å². The van der Waals surface area contributed by atoms with Crippen molar-refractivity contribution in [2.75, 3.05) is 13.1 Å². The highest BCUT2D eigenvalue weighted by molar-refractivity contribution is 6.30. The fraction of sp³-hybridized carbons (Fsp3) is 0.529. The second kappa shape index (κ2) is 9.53. The van der Waals surface area contributed by atoms with Gasteiger partial charge in [0.25, 0.3) is 5.91 Å². The van der Waals surface area contributed by atoms with Crippen molar-refractivity contribution in [3.8, 4) is 0 Å². The number of carbonyl (C=O) groups is 2. The van der Waals surface area contributed by atoms with Crippen molar-refractivity contribution >= 4 is 23.4 Å². The van der Waals surface area contributed by atoms with E-state index < -0.39 is 0 Å². The van der Waals surface area contributed by atoms with Gasteiger partial charge in [-0.2, -0.15) is 0 Å². The summed E-state index contributed by atoms with van der Waals surface area (Å²) in [4.78, 5) is 23.9. The Bertz CT molecular complexity index is 505. The number of hydrogen-bond donors (Lipinski definition) is 3. The van der Waals surface area contributed by atoms with E-state index in [2.05, 4.69) is 10.6 Å². The number of amides is 2. The van der Waals surface area contributed by atoms with Crippen LogP contribution >= 0.6 is 11.6 Å². The van der Waals surface area contributed by atoms with Crippen LogP contribution in [0.4, 0.5) is 0 Å². The number of rotatable bonds is 9. The van der Waals surface area contributed by atoms with Gasteiger partial charge in [-0.3, -0.25) is 9.59 Å². The third kappa shape index (κ3) is 6.20. The summed E-state index contributed by atoms with van der Waals surface area (Å²) in [7, 11) is 0. The molecule has 23 heavy (non-hydrogen) atoms. The molecule has 0 aliphatic carbocycles. The molecule has 0 aromatic heterocycles. The molecule has 0 aliphatic heterocycles. The first-order chi connectivity index (χ1) is 11.0. The lowest BCUT2D eigenvalue weighted by atomic mass is 9.92. The zero-order valence-electron chi connectivity index (χ0n) is 13.8. The Morgan fingerprint density at radius 3 is 2.30 bits per heavy atom. The van der Waals surface area contributed by atoms with E-state index in [0.717, 1.165) is 12.8 Å². The van der Waals surface area contributed by atoms with Gasteiger partial charge in [0, 0.05) is 30.1 Å². The van der Waals surface area contributed by atoms with E-state index in [1.165, 1.54) is 0 Å². The second-order valence-corrected chi connectivity index (χ2v) is 6.04. The van der Waals surface area contributed by atoms with Crippen molar-refractivity contribution in [2.45, 2.75) is 45.1 Å². The maximum absolute atomic E-state index is 12.0. The van der Waals surface area contributed by atoms with Gasteiger partial charge in [0.2, 0.25) is 5.91 Å². The number of halogens is 1. The van der Waals surface area contributed by atoms with Crippen LogP contribution in [0.25, 0.3) is 0 Å². The minimum atomic E-state index is -0.316. The van der Waals surface area contributed by atoms with Crippen LogP contribution in [0.1, 0.15) is 49.9 Å². The molecule has 6 heteroatoms. The summed E-state index contributed by atoms with van der Waals surface area (Å²) in [5, 5.41) is 6.40. The molecule has 0 saturated heterocycles. The monoisotopic (exact) mass is 339 g/mol. The Balaban J connectivity index is 2.32. The highest BCUT2D eigenvalue weighted by Gasteiger charge is 2.25. The molecule has 0 spiro atoms. The number of nitrogens with one attached hydrogen (secondary N) is 2. The Morgan fingerprint density at radius 1 is 1.17 bits per heavy atom. The van der Waals surface area contributed by atoms with E-state index >= 15 is 0 Å². The van der Waals surface area contributed by atoms with Crippen molar-refractivity contribution in [1.82, 2.24) is 10.6 Å². The molecule has 0 aliphatic rings.